The molecule has 0 radical (unpaired) electrons. The largest absolute Gasteiger partial charge is 0.385 e. The van der Waals surface area contributed by atoms with Gasteiger partial charge in [0.1, 0.15) is 0 Å². The van der Waals surface area contributed by atoms with Gasteiger partial charge >= 0.3 is 0 Å². The van der Waals surface area contributed by atoms with E-state index in [0.29, 0.717) is 19.4 Å². The lowest BCUT2D eigenvalue weighted by atomic mass is 10.0. The van der Waals surface area contributed by atoms with Gasteiger partial charge < -0.3 is 10.5 Å². The molecule has 16 heavy (non-hydrogen) atoms. The zero-order chi connectivity index (χ0) is 11.8. The predicted molar refractivity (Wildman–Crippen MR) is 62.0 cm³/mol. The van der Waals surface area contributed by atoms with Gasteiger partial charge in [0.05, 0.1) is 6.04 Å². The van der Waals surface area contributed by atoms with Gasteiger partial charge in [0, 0.05) is 32.5 Å². The van der Waals surface area contributed by atoms with Crippen molar-refractivity contribution in [1.82, 2.24) is 4.98 Å². The highest BCUT2D eigenvalue weighted by atomic mass is 16.5. The lowest BCUT2D eigenvalue weighted by molar-refractivity contribution is -0.119. The van der Waals surface area contributed by atoms with E-state index in [1.165, 1.54) is 0 Å². The standard InChI is InChI=1S/C12H18N2O2/c1-16-8-2-3-11(13)12(15)9-10-4-6-14-7-5-10/h4-7,11H,2-3,8-9,13H2,1H3. The van der Waals surface area contributed by atoms with Crippen LogP contribution in [0, 0.1) is 0 Å². The van der Waals surface area contributed by atoms with Gasteiger partial charge in [-0.2, -0.15) is 0 Å². The number of carbonyl (C=O) groups excluding carboxylic acids is 1. The van der Waals surface area contributed by atoms with Crippen LogP contribution < -0.4 is 5.73 Å². The van der Waals surface area contributed by atoms with Crippen molar-refractivity contribution in [3.8, 4) is 0 Å². The molecule has 1 heterocycles. The Morgan fingerprint density at radius 2 is 2.19 bits per heavy atom. The number of methoxy groups -OCH3 is 1. The second kappa shape index (κ2) is 7.09. The third kappa shape index (κ3) is 4.51. The molecule has 0 aliphatic rings. The summed E-state index contributed by atoms with van der Waals surface area (Å²) in [4.78, 5) is 15.6. The molecule has 0 bridgehead atoms. The fourth-order valence-corrected chi connectivity index (χ4v) is 1.44. The lowest BCUT2D eigenvalue weighted by Crippen LogP contribution is -2.32. The third-order valence-corrected chi connectivity index (χ3v) is 2.40. The summed E-state index contributed by atoms with van der Waals surface area (Å²) < 4.78 is 4.92. The van der Waals surface area contributed by atoms with Crippen LogP contribution in [0.15, 0.2) is 24.5 Å². The molecule has 4 nitrogen and oxygen atoms in total. The van der Waals surface area contributed by atoms with Crippen molar-refractivity contribution >= 4 is 5.78 Å². The Bertz CT molecular complexity index is 314. The van der Waals surface area contributed by atoms with E-state index in [0.717, 1.165) is 12.0 Å². The number of aromatic nitrogens is 1. The number of rotatable bonds is 7. The van der Waals surface area contributed by atoms with Crippen molar-refractivity contribution in [2.24, 2.45) is 5.73 Å². The molecule has 2 N–H and O–H groups in total. The molecule has 0 aliphatic heterocycles. The average Bonchev–Trinajstić information content (AvgIpc) is 2.30. The minimum atomic E-state index is -0.386. The minimum absolute atomic E-state index is 0.0716. The van der Waals surface area contributed by atoms with Crippen molar-refractivity contribution in [3.63, 3.8) is 0 Å². The summed E-state index contributed by atoms with van der Waals surface area (Å²) in [5.74, 6) is 0.0716. The van der Waals surface area contributed by atoms with Gasteiger partial charge in [-0.1, -0.05) is 0 Å². The van der Waals surface area contributed by atoms with Gasteiger partial charge in [0.2, 0.25) is 0 Å². The average molecular weight is 222 g/mol. The highest BCUT2D eigenvalue weighted by molar-refractivity contribution is 5.85. The molecule has 4 heteroatoms. The lowest BCUT2D eigenvalue weighted by Gasteiger charge is -2.09. The van der Waals surface area contributed by atoms with Crippen LogP contribution in [-0.2, 0) is 16.0 Å². The fourth-order valence-electron chi connectivity index (χ4n) is 1.44. The molecule has 0 fully saturated rings. The molecule has 0 aliphatic carbocycles. The van der Waals surface area contributed by atoms with Gasteiger partial charge in [0.25, 0.3) is 0 Å². The third-order valence-electron chi connectivity index (χ3n) is 2.40. The Balaban J connectivity index is 2.34. The number of ether oxygens (including phenoxy) is 1. The summed E-state index contributed by atoms with van der Waals surface area (Å²) in [6, 6.07) is 3.28. The molecule has 0 saturated carbocycles. The number of Topliss-reactive ketones (excluding diaryl/α,β-unsaturated/α-hetero) is 1. The van der Waals surface area contributed by atoms with Crippen LogP contribution in [0.5, 0.6) is 0 Å². The predicted octanol–water partition coefficient (Wildman–Crippen LogP) is 0.947. The highest BCUT2D eigenvalue weighted by Crippen LogP contribution is 2.03. The Labute approximate surface area is 95.8 Å². The fraction of sp³-hybridized carbons (Fsp3) is 0.500. The molecule has 0 saturated heterocycles. The topological polar surface area (TPSA) is 65.2 Å². The zero-order valence-corrected chi connectivity index (χ0v) is 9.56. The first-order valence-electron chi connectivity index (χ1n) is 5.40. The maximum absolute atomic E-state index is 11.7. The van der Waals surface area contributed by atoms with Crippen LogP contribution in [0.25, 0.3) is 0 Å². The summed E-state index contributed by atoms with van der Waals surface area (Å²) in [5, 5.41) is 0. The van der Waals surface area contributed by atoms with Crippen molar-refractivity contribution < 1.29 is 9.53 Å². The summed E-state index contributed by atoms with van der Waals surface area (Å²) >= 11 is 0. The van der Waals surface area contributed by atoms with Crippen molar-refractivity contribution in [2.75, 3.05) is 13.7 Å². The Kier molecular flexibility index (Phi) is 5.67. The van der Waals surface area contributed by atoms with Crippen molar-refractivity contribution in [1.29, 1.82) is 0 Å². The van der Waals surface area contributed by atoms with Crippen LogP contribution in [0.3, 0.4) is 0 Å². The molecule has 0 spiro atoms. The molecule has 0 aromatic carbocycles. The maximum Gasteiger partial charge on any atom is 0.153 e. The van der Waals surface area contributed by atoms with Crippen LogP contribution in [0.1, 0.15) is 18.4 Å². The van der Waals surface area contributed by atoms with E-state index in [1.807, 2.05) is 12.1 Å². The summed E-state index contributed by atoms with van der Waals surface area (Å²) in [6.45, 7) is 0.649. The van der Waals surface area contributed by atoms with E-state index < -0.39 is 0 Å². The number of carbonyl (C=O) groups is 1. The van der Waals surface area contributed by atoms with Gasteiger partial charge in [-0.3, -0.25) is 9.78 Å². The monoisotopic (exact) mass is 222 g/mol. The molecule has 1 rings (SSSR count). The number of nitrogens with two attached hydrogens (primary N) is 1. The number of ketones is 1. The van der Waals surface area contributed by atoms with Gasteiger partial charge in [-0.15, -0.1) is 0 Å². The highest BCUT2D eigenvalue weighted by Gasteiger charge is 2.13. The first kappa shape index (κ1) is 12.8. The molecular formula is C12H18N2O2. The van der Waals surface area contributed by atoms with E-state index in [-0.39, 0.29) is 11.8 Å². The second-order valence-electron chi connectivity index (χ2n) is 3.74. The minimum Gasteiger partial charge on any atom is -0.385 e. The van der Waals surface area contributed by atoms with Gasteiger partial charge in [-0.05, 0) is 30.5 Å². The molecule has 1 atom stereocenters. The Morgan fingerprint density at radius 1 is 1.50 bits per heavy atom. The number of pyridine rings is 1. The summed E-state index contributed by atoms with van der Waals surface area (Å²) in [6.07, 6.45) is 5.24. The SMILES string of the molecule is COCCCC(N)C(=O)Cc1ccncc1. The molecular weight excluding hydrogens is 204 g/mol. The van der Waals surface area contributed by atoms with E-state index in [1.54, 1.807) is 19.5 Å². The van der Waals surface area contributed by atoms with Crippen LogP contribution in [-0.4, -0.2) is 30.5 Å². The van der Waals surface area contributed by atoms with Gasteiger partial charge in [0.15, 0.2) is 5.78 Å². The molecule has 88 valence electrons. The quantitative estimate of drug-likeness (QED) is 0.697. The second-order valence-corrected chi connectivity index (χ2v) is 3.74. The number of hydrogen-bond donors (Lipinski definition) is 1. The van der Waals surface area contributed by atoms with Crippen molar-refractivity contribution in [3.05, 3.63) is 30.1 Å². The van der Waals surface area contributed by atoms with E-state index >= 15 is 0 Å². The zero-order valence-electron chi connectivity index (χ0n) is 9.56. The van der Waals surface area contributed by atoms with Crippen LogP contribution >= 0.6 is 0 Å². The van der Waals surface area contributed by atoms with E-state index in [2.05, 4.69) is 4.98 Å². The van der Waals surface area contributed by atoms with Crippen LogP contribution in [0.4, 0.5) is 0 Å². The molecule has 1 aromatic heterocycles. The maximum atomic E-state index is 11.7. The first-order valence-corrected chi connectivity index (χ1v) is 5.40. The first-order chi connectivity index (χ1) is 7.74. The molecule has 1 aromatic rings. The smallest absolute Gasteiger partial charge is 0.153 e. The van der Waals surface area contributed by atoms with E-state index in [9.17, 15) is 4.79 Å². The number of nitrogens with zero attached hydrogens (tertiary/aromatic N) is 1. The number of hydrogen-bond acceptors (Lipinski definition) is 4. The normalized spacial score (nSPS) is 12.4. The van der Waals surface area contributed by atoms with Crippen LogP contribution in [0.2, 0.25) is 0 Å². The van der Waals surface area contributed by atoms with Crippen molar-refractivity contribution in [2.45, 2.75) is 25.3 Å². The summed E-state index contributed by atoms with van der Waals surface area (Å²) in [5.41, 5.74) is 6.75. The van der Waals surface area contributed by atoms with Gasteiger partial charge in [-0.25, -0.2) is 0 Å². The Hall–Kier alpha value is -1.26. The molecule has 1 unspecified atom stereocenters. The Morgan fingerprint density at radius 3 is 2.81 bits per heavy atom. The van der Waals surface area contributed by atoms with E-state index in [4.69, 9.17) is 10.5 Å². The summed E-state index contributed by atoms with van der Waals surface area (Å²) in [7, 11) is 1.64. The molecule has 0 amide bonds.